The summed E-state index contributed by atoms with van der Waals surface area (Å²) in [6.45, 7) is 2.08. The highest BCUT2D eigenvalue weighted by Crippen LogP contribution is 2.29. The number of halogens is 1. The fraction of sp³-hybridized carbons (Fsp3) is 0.167. The van der Waals surface area contributed by atoms with Crippen molar-refractivity contribution in [3.05, 3.63) is 45.4 Å². The van der Waals surface area contributed by atoms with E-state index in [4.69, 9.17) is 4.74 Å². The molecule has 0 spiro atoms. The molecule has 18 heavy (non-hydrogen) atoms. The van der Waals surface area contributed by atoms with Gasteiger partial charge in [-0.3, -0.25) is 5.32 Å². The first-order chi connectivity index (χ1) is 8.66. The number of hydrogen-bond donors (Lipinski definition) is 1. The van der Waals surface area contributed by atoms with E-state index in [9.17, 15) is 4.79 Å². The van der Waals surface area contributed by atoms with Crippen LogP contribution in [0.4, 0.5) is 10.5 Å². The summed E-state index contributed by atoms with van der Waals surface area (Å²) in [5, 5.41) is 2.67. The van der Waals surface area contributed by atoms with Crippen LogP contribution in [0.3, 0.4) is 0 Å². The van der Waals surface area contributed by atoms with Crippen molar-refractivity contribution in [2.75, 3.05) is 5.32 Å². The minimum atomic E-state index is -0.483. The fourth-order valence-corrected chi connectivity index (χ4v) is 2.54. The van der Waals surface area contributed by atoms with Gasteiger partial charge in [0.1, 0.15) is 10.4 Å². The van der Waals surface area contributed by atoms with E-state index in [2.05, 4.69) is 25.6 Å². The number of ether oxygens (including phenoxy) is 1. The van der Waals surface area contributed by atoms with Crippen molar-refractivity contribution in [3.8, 4) is 0 Å². The van der Waals surface area contributed by atoms with Crippen LogP contribution >= 0.6 is 27.5 Å². The second kappa shape index (κ2) is 5.97. The third-order valence-electron chi connectivity index (χ3n) is 2.26. The normalized spacial score (nSPS) is 10.1. The zero-order chi connectivity index (χ0) is 13.0. The van der Waals surface area contributed by atoms with Crippen molar-refractivity contribution in [2.45, 2.75) is 13.5 Å². The van der Waals surface area contributed by atoms with Crippen LogP contribution in [0.5, 0.6) is 0 Å². The first-order valence-electron chi connectivity index (χ1n) is 5.26. The van der Waals surface area contributed by atoms with Crippen molar-refractivity contribution in [1.82, 2.24) is 4.37 Å². The van der Waals surface area contributed by atoms with Crippen molar-refractivity contribution >= 4 is 39.2 Å². The molecule has 0 aliphatic carbocycles. The number of nitrogens with one attached hydrogen (secondary N) is 1. The highest BCUT2D eigenvalue weighted by atomic mass is 79.9. The lowest BCUT2D eigenvalue weighted by molar-refractivity contribution is 0.155. The number of aromatic nitrogens is 1. The molecular weight excluding hydrogens is 316 g/mol. The second-order valence-electron chi connectivity index (χ2n) is 3.60. The van der Waals surface area contributed by atoms with E-state index in [0.29, 0.717) is 5.69 Å². The third-order valence-corrected chi connectivity index (χ3v) is 3.82. The highest BCUT2D eigenvalue weighted by molar-refractivity contribution is 9.11. The Morgan fingerprint density at radius 2 is 2.17 bits per heavy atom. The number of benzene rings is 1. The molecule has 4 nitrogen and oxygen atoms in total. The molecule has 1 aromatic heterocycles. The number of nitrogens with zero attached hydrogens (tertiary/aromatic N) is 1. The van der Waals surface area contributed by atoms with Crippen LogP contribution in [0.15, 0.2) is 34.1 Å². The van der Waals surface area contributed by atoms with E-state index >= 15 is 0 Å². The predicted molar refractivity (Wildman–Crippen MR) is 74.8 cm³/mol. The quantitative estimate of drug-likeness (QED) is 0.928. The summed E-state index contributed by atoms with van der Waals surface area (Å²) in [5.41, 5.74) is 2.38. The van der Waals surface area contributed by atoms with E-state index in [1.165, 1.54) is 11.5 Å². The molecule has 2 aromatic rings. The molecule has 6 heteroatoms. The zero-order valence-electron chi connectivity index (χ0n) is 9.64. The summed E-state index contributed by atoms with van der Waals surface area (Å²) in [4.78, 5) is 11.6. The van der Waals surface area contributed by atoms with Crippen molar-refractivity contribution in [1.29, 1.82) is 0 Å². The van der Waals surface area contributed by atoms with Crippen molar-refractivity contribution in [3.63, 3.8) is 0 Å². The topological polar surface area (TPSA) is 51.2 Å². The van der Waals surface area contributed by atoms with Crippen LogP contribution in [0, 0.1) is 6.92 Å². The first-order valence-corrected chi connectivity index (χ1v) is 6.83. The summed E-state index contributed by atoms with van der Waals surface area (Å²) >= 11 is 4.61. The summed E-state index contributed by atoms with van der Waals surface area (Å²) in [7, 11) is 0. The van der Waals surface area contributed by atoms with Gasteiger partial charge in [0.2, 0.25) is 0 Å². The molecule has 0 unspecified atom stereocenters. The Morgan fingerprint density at radius 1 is 1.44 bits per heavy atom. The maximum atomic E-state index is 11.6. The Morgan fingerprint density at radius 3 is 2.78 bits per heavy atom. The lowest BCUT2D eigenvalue weighted by Gasteiger charge is -2.06. The average molecular weight is 327 g/mol. The van der Waals surface area contributed by atoms with Crippen molar-refractivity contribution in [2.24, 2.45) is 0 Å². The van der Waals surface area contributed by atoms with Gasteiger partial charge in [-0.1, -0.05) is 30.3 Å². The van der Waals surface area contributed by atoms with Crippen LogP contribution in [0.2, 0.25) is 0 Å². The smallest absolute Gasteiger partial charge is 0.412 e. The summed E-state index contributed by atoms with van der Waals surface area (Å²) in [6.07, 6.45) is -0.483. The molecule has 1 aromatic carbocycles. The molecule has 0 saturated carbocycles. The Balaban J connectivity index is 1.90. The lowest BCUT2D eigenvalue weighted by atomic mass is 10.2. The van der Waals surface area contributed by atoms with E-state index in [-0.39, 0.29) is 6.61 Å². The van der Waals surface area contributed by atoms with Crippen LogP contribution < -0.4 is 5.32 Å². The Labute approximate surface area is 117 Å². The van der Waals surface area contributed by atoms with E-state index in [1.54, 1.807) is 0 Å². The molecule has 0 bridgehead atoms. The number of amides is 1. The molecule has 94 valence electrons. The standard InChI is InChI=1S/C12H11BrN2O2S/c1-8-10(11(13)18-15-8)14-12(16)17-7-9-5-3-2-4-6-9/h2-6H,7H2,1H3,(H,14,16). The highest BCUT2D eigenvalue weighted by Gasteiger charge is 2.12. The fourth-order valence-electron chi connectivity index (χ4n) is 1.34. The van der Waals surface area contributed by atoms with Gasteiger partial charge in [-0.25, -0.2) is 4.79 Å². The van der Waals surface area contributed by atoms with E-state index in [0.717, 1.165) is 15.0 Å². The molecule has 0 fully saturated rings. The number of rotatable bonds is 3. The molecule has 0 radical (unpaired) electrons. The van der Waals surface area contributed by atoms with Gasteiger partial charge in [0, 0.05) is 0 Å². The maximum absolute atomic E-state index is 11.6. The van der Waals surface area contributed by atoms with Gasteiger partial charge < -0.3 is 4.74 Å². The molecule has 1 heterocycles. The number of carbonyl (C=O) groups is 1. The van der Waals surface area contributed by atoms with Crippen LogP contribution in [-0.4, -0.2) is 10.5 Å². The minimum Gasteiger partial charge on any atom is -0.444 e. The Hall–Kier alpha value is -1.40. The molecular formula is C12H11BrN2O2S. The van der Waals surface area contributed by atoms with Gasteiger partial charge in [-0.2, -0.15) is 4.37 Å². The number of carbonyl (C=O) groups excluding carboxylic acids is 1. The average Bonchev–Trinajstić information content (AvgIpc) is 2.69. The monoisotopic (exact) mass is 326 g/mol. The SMILES string of the molecule is Cc1nsc(Br)c1NC(=O)OCc1ccccc1. The van der Waals surface area contributed by atoms with Gasteiger partial charge in [-0.05, 0) is 39.9 Å². The third kappa shape index (κ3) is 3.30. The summed E-state index contributed by atoms with van der Waals surface area (Å²) in [5.74, 6) is 0. The van der Waals surface area contributed by atoms with Gasteiger partial charge in [0.15, 0.2) is 0 Å². The lowest BCUT2D eigenvalue weighted by Crippen LogP contribution is -2.14. The summed E-state index contributed by atoms with van der Waals surface area (Å²) < 4.78 is 10.0. The van der Waals surface area contributed by atoms with Gasteiger partial charge in [-0.15, -0.1) is 0 Å². The number of hydrogen-bond acceptors (Lipinski definition) is 4. The Bertz CT molecular complexity index is 523. The molecule has 0 atom stereocenters. The van der Waals surface area contributed by atoms with Crippen LogP contribution in [-0.2, 0) is 11.3 Å². The van der Waals surface area contributed by atoms with E-state index < -0.39 is 6.09 Å². The first kappa shape index (κ1) is 13.0. The van der Waals surface area contributed by atoms with Crippen LogP contribution in [0.1, 0.15) is 11.3 Å². The molecule has 1 amide bonds. The zero-order valence-corrected chi connectivity index (χ0v) is 12.0. The van der Waals surface area contributed by atoms with E-state index in [1.807, 2.05) is 37.3 Å². The van der Waals surface area contributed by atoms with Gasteiger partial charge >= 0.3 is 6.09 Å². The van der Waals surface area contributed by atoms with Gasteiger partial charge in [0.05, 0.1) is 11.4 Å². The molecule has 0 saturated heterocycles. The van der Waals surface area contributed by atoms with Crippen LogP contribution in [0.25, 0.3) is 0 Å². The number of anilines is 1. The second-order valence-corrected chi connectivity index (χ2v) is 5.69. The minimum absolute atomic E-state index is 0.251. The Kier molecular flexibility index (Phi) is 4.33. The molecule has 0 aliphatic rings. The molecule has 2 rings (SSSR count). The maximum Gasteiger partial charge on any atom is 0.412 e. The number of aryl methyl sites for hydroxylation is 1. The largest absolute Gasteiger partial charge is 0.444 e. The predicted octanol–water partition coefficient (Wildman–Crippen LogP) is 3.96. The van der Waals surface area contributed by atoms with Gasteiger partial charge in [0.25, 0.3) is 0 Å². The summed E-state index contributed by atoms with van der Waals surface area (Å²) in [6, 6.07) is 9.53. The van der Waals surface area contributed by atoms with Crippen molar-refractivity contribution < 1.29 is 9.53 Å². The molecule has 0 aliphatic heterocycles. The molecule has 1 N–H and O–H groups in total.